The first-order valence-corrected chi connectivity index (χ1v) is 13.4. The summed E-state index contributed by atoms with van der Waals surface area (Å²) in [5, 5.41) is 10.6. The summed E-state index contributed by atoms with van der Waals surface area (Å²) in [5.41, 5.74) is 14.8. The van der Waals surface area contributed by atoms with Crippen molar-refractivity contribution in [1.82, 2.24) is 4.90 Å². The number of benzene rings is 2. The predicted octanol–water partition coefficient (Wildman–Crippen LogP) is 3.05. The van der Waals surface area contributed by atoms with Crippen molar-refractivity contribution in [1.29, 1.82) is 0 Å². The number of hydrogen-bond donors (Lipinski definition) is 3. The second-order valence-corrected chi connectivity index (χ2v) is 10.2. The van der Waals surface area contributed by atoms with Crippen LogP contribution in [0.4, 0.5) is 4.79 Å². The number of morpholine rings is 1. The second kappa shape index (κ2) is 12.9. The van der Waals surface area contributed by atoms with Crippen molar-refractivity contribution in [2.45, 2.75) is 50.5 Å². The van der Waals surface area contributed by atoms with Gasteiger partial charge in [-0.05, 0) is 42.0 Å². The summed E-state index contributed by atoms with van der Waals surface area (Å²) in [6.45, 7) is 3.20. The molecule has 1 heterocycles. The number of halogens is 1. The lowest BCUT2D eigenvalue weighted by molar-refractivity contribution is -0.153. The van der Waals surface area contributed by atoms with Gasteiger partial charge in [0, 0.05) is 35.6 Å². The fourth-order valence-electron chi connectivity index (χ4n) is 5.31. The van der Waals surface area contributed by atoms with Crippen LogP contribution in [-0.4, -0.2) is 73.2 Å². The van der Waals surface area contributed by atoms with Crippen LogP contribution in [0.2, 0.25) is 5.02 Å². The Morgan fingerprint density at radius 1 is 1.21 bits per heavy atom. The van der Waals surface area contributed by atoms with Crippen molar-refractivity contribution in [3.05, 3.63) is 58.6 Å². The first-order chi connectivity index (χ1) is 18.3. The summed E-state index contributed by atoms with van der Waals surface area (Å²) >= 11 is 6.76. The highest BCUT2D eigenvalue weighted by atomic mass is 35.5. The number of primary amides is 1. The highest BCUT2D eigenvalue weighted by Gasteiger charge is 2.40. The molecule has 1 saturated heterocycles. The lowest BCUT2D eigenvalue weighted by atomic mass is 9.91. The Morgan fingerprint density at radius 3 is 2.71 bits per heavy atom. The molecule has 38 heavy (non-hydrogen) atoms. The van der Waals surface area contributed by atoms with Gasteiger partial charge in [0.1, 0.15) is 18.8 Å². The molecule has 1 aliphatic heterocycles. The van der Waals surface area contributed by atoms with Crippen LogP contribution in [0, 0.1) is 5.92 Å². The first kappa shape index (κ1) is 28.3. The summed E-state index contributed by atoms with van der Waals surface area (Å²) in [6.07, 6.45) is -0.981. The molecule has 1 unspecified atom stereocenters. The van der Waals surface area contributed by atoms with E-state index in [0.29, 0.717) is 37.6 Å². The second-order valence-electron chi connectivity index (χ2n) is 9.81. The minimum absolute atomic E-state index is 0.0275. The molecular formula is C28H36ClN3O6. The van der Waals surface area contributed by atoms with Crippen LogP contribution in [0.1, 0.15) is 37.0 Å². The Balaban J connectivity index is 1.63. The minimum Gasteiger partial charge on any atom is -0.447 e. The summed E-state index contributed by atoms with van der Waals surface area (Å²) in [7, 11) is 0. The molecule has 0 bridgehead atoms. The number of aryl methyl sites for hydroxylation is 1. The Morgan fingerprint density at radius 2 is 2.00 bits per heavy atom. The summed E-state index contributed by atoms with van der Waals surface area (Å²) in [5.74, 6) is -0.358. The molecule has 5 atom stereocenters. The molecular weight excluding hydrogens is 510 g/mol. The molecule has 2 aromatic rings. The van der Waals surface area contributed by atoms with E-state index >= 15 is 0 Å². The maximum atomic E-state index is 13.3. The van der Waals surface area contributed by atoms with E-state index in [0.717, 1.165) is 23.1 Å². The van der Waals surface area contributed by atoms with Gasteiger partial charge in [0.25, 0.3) is 0 Å². The van der Waals surface area contributed by atoms with Crippen molar-refractivity contribution in [3.8, 4) is 11.1 Å². The number of aliphatic hydroxyl groups is 1. The number of carbonyl (C=O) groups excluding carboxylic acids is 2. The van der Waals surface area contributed by atoms with Crippen LogP contribution < -0.4 is 11.5 Å². The van der Waals surface area contributed by atoms with Crippen LogP contribution >= 0.6 is 11.6 Å². The van der Waals surface area contributed by atoms with Gasteiger partial charge in [0.15, 0.2) is 0 Å². The van der Waals surface area contributed by atoms with Crippen molar-refractivity contribution in [3.63, 3.8) is 0 Å². The van der Waals surface area contributed by atoms with Crippen LogP contribution in [0.3, 0.4) is 0 Å². The molecule has 5 N–H and O–H groups in total. The Bertz CT molecular complexity index is 1120. The van der Waals surface area contributed by atoms with Gasteiger partial charge in [-0.3, -0.25) is 4.79 Å². The molecule has 2 fully saturated rings. The lowest BCUT2D eigenvalue weighted by Gasteiger charge is -2.38. The zero-order chi connectivity index (χ0) is 27.2. The van der Waals surface area contributed by atoms with Crippen molar-refractivity contribution >= 4 is 23.6 Å². The van der Waals surface area contributed by atoms with E-state index in [9.17, 15) is 14.7 Å². The Hall–Kier alpha value is -2.69. The SMILES string of the molecule is CCc1cccc(-c2c(Cl)cccc2C(OCCOC(N)=O)[C@@H]2CN(C(=O)[C@H]3C[C@@H](N)[C@@H](O)C3)CCO2)c1. The van der Waals surface area contributed by atoms with Gasteiger partial charge in [0.2, 0.25) is 5.91 Å². The summed E-state index contributed by atoms with van der Waals surface area (Å²) < 4.78 is 17.3. The third-order valence-corrected chi connectivity index (χ3v) is 7.59. The maximum absolute atomic E-state index is 13.3. The van der Waals surface area contributed by atoms with Gasteiger partial charge >= 0.3 is 6.09 Å². The highest BCUT2D eigenvalue weighted by Crippen LogP contribution is 2.39. The molecule has 206 valence electrons. The van der Waals surface area contributed by atoms with E-state index in [1.807, 2.05) is 30.3 Å². The Kier molecular flexibility index (Phi) is 9.62. The third-order valence-electron chi connectivity index (χ3n) is 7.27. The minimum atomic E-state index is -0.882. The number of aliphatic hydroxyl groups excluding tert-OH is 1. The molecule has 0 radical (unpaired) electrons. The van der Waals surface area contributed by atoms with Crippen LogP contribution in [0.5, 0.6) is 0 Å². The fraction of sp³-hybridized carbons (Fsp3) is 0.500. The van der Waals surface area contributed by atoms with E-state index < -0.39 is 30.4 Å². The third kappa shape index (κ3) is 6.65. The first-order valence-electron chi connectivity index (χ1n) is 13.0. The zero-order valence-corrected chi connectivity index (χ0v) is 22.3. The van der Waals surface area contributed by atoms with E-state index in [1.54, 1.807) is 4.90 Å². The van der Waals surface area contributed by atoms with Crippen LogP contribution in [0.25, 0.3) is 11.1 Å². The van der Waals surface area contributed by atoms with Gasteiger partial charge in [-0.2, -0.15) is 0 Å². The van der Waals surface area contributed by atoms with Gasteiger partial charge in [-0.25, -0.2) is 4.79 Å². The standard InChI is InChI=1S/C28H36ClN3O6/c1-2-17-5-3-6-18(13-17)25-20(7-4-8-21(25)29)26(37-11-12-38-28(31)35)24-16-32(9-10-36-24)27(34)19-14-22(30)23(33)15-19/h3-8,13,19,22-24,26,33H,2,9-12,14-16,30H2,1H3,(H2,31,35)/t19-,22+,23-,24-,26?/m0/s1. The van der Waals surface area contributed by atoms with E-state index in [-0.39, 0.29) is 25.0 Å². The fourth-order valence-corrected chi connectivity index (χ4v) is 5.60. The molecule has 2 aliphatic rings. The van der Waals surface area contributed by atoms with Crippen LogP contribution in [0.15, 0.2) is 42.5 Å². The number of carbonyl (C=O) groups is 2. The van der Waals surface area contributed by atoms with Gasteiger partial charge in [-0.15, -0.1) is 0 Å². The number of rotatable bonds is 9. The number of nitrogens with two attached hydrogens (primary N) is 2. The topological polar surface area (TPSA) is 137 Å². The number of amides is 2. The molecule has 1 aliphatic carbocycles. The van der Waals surface area contributed by atoms with Crippen molar-refractivity contribution in [2.24, 2.45) is 17.4 Å². The highest BCUT2D eigenvalue weighted by molar-refractivity contribution is 6.33. The molecule has 0 aromatic heterocycles. The molecule has 10 heteroatoms. The van der Waals surface area contributed by atoms with E-state index in [2.05, 4.69) is 19.1 Å². The number of nitrogens with zero attached hydrogens (tertiary/aromatic N) is 1. The largest absolute Gasteiger partial charge is 0.447 e. The van der Waals surface area contributed by atoms with Gasteiger partial charge in [0.05, 0.1) is 19.3 Å². The number of ether oxygens (including phenoxy) is 3. The average Bonchev–Trinajstić information content (AvgIpc) is 3.26. The average molecular weight is 546 g/mol. The molecule has 4 rings (SSSR count). The lowest BCUT2D eigenvalue weighted by Crippen LogP contribution is -2.50. The predicted molar refractivity (Wildman–Crippen MR) is 144 cm³/mol. The Labute approximate surface area is 228 Å². The van der Waals surface area contributed by atoms with Crippen LogP contribution in [-0.2, 0) is 25.4 Å². The molecule has 1 saturated carbocycles. The van der Waals surface area contributed by atoms with Crippen molar-refractivity contribution < 1.29 is 28.9 Å². The van der Waals surface area contributed by atoms with Crippen molar-refractivity contribution in [2.75, 3.05) is 32.9 Å². The normalized spacial score (nSPS) is 24.3. The molecule has 9 nitrogen and oxygen atoms in total. The molecule has 2 amide bonds. The zero-order valence-electron chi connectivity index (χ0n) is 21.6. The van der Waals surface area contributed by atoms with E-state index in [1.165, 1.54) is 5.56 Å². The number of hydrogen-bond acceptors (Lipinski definition) is 7. The maximum Gasteiger partial charge on any atom is 0.404 e. The monoisotopic (exact) mass is 545 g/mol. The smallest absolute Gasteiger partial charge is 0.404 e. The van der Waals surface area contributed by atoms with Gasteiger partial charge < -0.3 is 35.7 Å². The molecule has 2 aromatic carbocycles. The van der Waals surface area contributed by atoms with E-state index in [4.69, 9.17) is 37.3 Å². The summed E-state index contributed by atoms with van der Waals surface area (Å²) in [6, 6.07) is 13.4. The quantitative estimate of drug-likeness (QED) is 0.412. The van der Waals surface area contributed by atoms with Gasteiger partial charge in [-0.1, -0.05) is 54.9 Å². The molecule has 0 spiro atoms. The summed E-state index contributed by atoms with van der Waals surface area (Å²) in [4.78, 5) is 26.2.